The molecule has 2 aromatic carbocycles. The molecule has 2 heterocycles. The second-order valence-corrected chi connectivity index (χ2v) is 11.2. The van der Waals surface area contributed by atoms with E-state index in [1.54, 1.807) is 18.2 Å². The molecule has 1 unspecified atom stereocenters. The summed E-state index contributed by atoms with van der Waals surface area (Å²) in [4.78, 5) is 0.124. The molecule has 1 saturated heterocycles. The van der Waals surface area contributed by atoms with Crippen LogP contribution in [-0.4, -0.2) is 46.6 Å². The largest absolute Gasteiger partial charge is 0.493 e. The molecular formula is C19H20FNO5S2. The highest BCUT2D eigenvalue weighted by molar-refractivity contribution is 7.92. The highest BCUT2D eigenvalue weighted by atomic mass is 32.2. The molecule has 0 amide bonds. The van der Waals surface area contributed by atoms with Crippen molar-refractivity contribution in [1.82, 2.24) is 4.31 Å². The Morgan fingerprint density at radius 1 is 1.11 bits per heavy atom. The SMILES string of the molecule is O=S1(=O)CCN(S(=O)(=O)c2ccc3c(c2)CCO3)CCC1c1ccccc1F. The first kappa shape index (κ1) is 19.4. The predicted octanol–water partition coefficient (Wildman–Crippen LogP) is 2.31. The molecule has 4 rings (SSSR count). The lowest BCUT2D eigenvalue weighted by Crippen LogP contribution is -2.33. The standard InChI is InChI=1S/C19H20FNO5S2/c20-17-4-2-1-3-16(17)19-7-9-21(10-12-27(19,22)23)28(24,25)15-5-6-18-14(13-15)8-11-26-18/h1-6,13,19H,7-12H2. The first-order chi connectivity index (χ1) is 13.3. The molecule has 0 aromatic heterocycles. The summed E-state index contributed by atoms with van der Waals surface area (Å²) in [6.45, 7) is 0.377. The first-order valence-electron chi connectivity index (χ1n) is 9.01. The van der Waals surface area contributed by atoms with Crippen molar-refractivity contribution >= 4 is 19.9 Å². The molecule has 2 aliphatic rings. The van der Waals surface area contributed by atoms with E-state index in [1.165, 1.54) is 28.6 Å². The fourth-order valence-electron chi connectivity index (χ4n) is 3.72. The summed E-state index contributed by atoms with van der Waals surface area (Å²) in [7, 11) is -7.54. The number of hydrogen-bond acceptors (Lipinski definition) is 5. The number of sulfone groups is 1. The lowest BCUT2D eigenvalue weighted by Gasteiger charge is -2.20. The Morgan fingerprint density at radius 2 is 1.89 bits per heavy atom. The zero-order valence-corrected chi connectivity index (χ0v) is 16.7. The Kier molecular flexibility index (Phi) is 4.93. The Morgan fingerprint density at radius 3 is 2.68 bits per heavy atom. The summed E-state index contributed by atoms with van der Waals surface area (Å²) in [5.41, 5.74) is 0.921. The van der Waals surface area contributed by atoms with E-state index in [0.717, 1.165) is 5.56 Å². The fourth-order valence-corrected chi connectivity index (χ4v) is 7.15. The molecule has 2 aromatic rings. The van der Waals surface area contributed by atoms with Gasteiger partial charge in [0.2, 0.25) is 10.0 Å². The van der Waals surface area contributed by atoms with Gasteiger partial charge in [-0.3, -0.25) is 0 Å². The second-order valence-electron chi connectivity index (χ2n) is 6.94. The lowest BCUT2D eigenvalue weighted by atomic mass is 10.1. The van der Waals surface area contributed by atoms with Gasteiger partial charge in [0.25, 0.3) is 0 Å². The van der Waals surface area contributed by atoms with Crippen LogP contribution >= 0.6 is 0 Å². The number of sulfonamides is 1. The van der Waals surface area contributed by atoms with Crippen LogP contribution in [-0.2, 0) is 26.3 Å². The van der Waals surface area contributed by atoms with Gasteiger partial charge in [0.05, 0.1) is 22.5 Å². The van der Waals surface area contributed by atoms with E-state index in [4.69, 9.17) is 4.74 Å². The molecule has 2 aliphatic heterocycles. The summed E-state index contributed by atoms with van der Waals surface area (Å²) in [5, 5.41) is -1.05. The normalized spacial score (nSPS) is 22.2. The van der Waals surface area contributed by atoms with E-state index in [1.807, 2.05) is 0 Å². The summed E-state index contributed by atoms with van der Waals surface area (Å²) in [6.07, 6.45) is 0.652. The summed E-state index contributed by atoms with van der Waals surface area (Å²) in [5.74, 6) is -0.262. The number of nitrogens with zero attached hydrogens (tertiary/aromatic N) is 1. The maximum atomic E-state index is 14.2. The Bertz CT molecular complexity index is 1110. The van der Waals surface area contributed by atoms with Gasteiger partial charge in [-0.25, -0.2) is 21.2 Å². The lowest BCUT2D eigenvalue weighted by molar-refractivity contribution is 0.356. The van der Waals surface area contributed by atoms with Crippen molar-refractivity contribution < 1.29 is 26.0 Å². The van der Waals surface area contributed by atoms with E-state index in [9.17, 15) is 21.2 Å². The molecule has 0 saturated carbocycles. The predicted molar refractivity (Wildman–Crippen MR) is 102 cm³/mol. The van der Waals surface area contributed by atoms with Gasteiger partial charge in [-0.1, -0.05) is 18.2 Å². The number of benzene rings is 2. The average molecular weight is 426 g/mol. The minimum absolute atomic E-state index is 0.00808. The number of fused-ring (bicyclic) bond motifs is 1. The monoisotopic (exact) mass is 425 g/mol. The molecule has 0 spiro atoms. The van der Waals surface area contributed by atoms with Crippen LogP contribution in [0, 0.1) is 5.82 Å². The molecule has 6 nitrogen and oxygen atoms in total. The molecular weight excluding hydrogens is 405 g/mol. The van der Waals surface area contributed by atoms with Crippen molar-refractivity contribution in [3.63, 3.8) is 0 Å². The number of rotatable bonds is 3. The van der Waals surface area contributed by atoms with Crippen LogP contribution in [0.25, 0.3) is 0 Å². The Labute approximate surface area is 163 Å². The van der Waals surface area contributed by atoms with Gasteiger partial charge in [0.1, 0.15) is 11.6 Å². The van der Waals surface area contributed by atoms with Gasteiger partial charge >= 0.3 is 0 Å². The number of halogens is 1. The minimum Gasteiger partial charge on any atom is -0.493 e. The third-order valence-electron chi connectivity index (χ3n) is 5.25. The van der Waals surface area contributed by atoms with Crippen molar-refractivity contribution in [1.29, 1.82) is 0 Å². The van der Waals surface area contributed by atoms with Gasteiger partial charge in [0, 0.05) is 25.1 Å². The minimum atomic E-state index is -3.85. The van der Waals surface area contributed by atoms with Crippen LogP contribution < -0.4 is 4.74 Å². The summed E-state index contributed by atoms with van der Waals surface area (Å²) < 4.78 is 72.3. The molecule has 0 radical (unpaired) electrons. The zero-order chi connectivity index (χ0) is 19.9. The van der Waals surface area contributed by atoms with Crippen LogP contribution in [0.2, 0.25) is 0 Å². The number of hydrogen-bond donors (Lipinski definition) is 0. The van der Waals surface area contributed by atoms with Gasteiger partial charge in [-0.15, -0.1) is 0 Å². The summed E-state index contributed by atoms with van der Waals surface area (Å²) in [6, 6.07) is 10.4. The van der Waals surface area contributed by atoms with Crippen molar-refractivity contribution in [3.05, 3.63) is 59.4 Å². The topological polar surface area (TPSA) is 80.8 Å². The Hall–Kier alpha value is -1.97. The second kappa shape index (κ2) is 7.13. The molecule has 28 heavy (non-hydrogen) atoms. The van der Waals surface area contributed by atoms with Crippen molar-refractivity contribution in [3.8, 4) is 5.75 Å². The van der Waals surface area contributed by atoms with E-state index in [2.05, 4.69) is 0 Å². The fraction of sp³-hybridized carbons (Fsp3) is 0.368. The molecule has 1 atom stereocenters. The highest BCUT2D eigenvalue weighted by Gasteiger charge is 2.37. The quantitative estimate of drug-likeness (QED) is 0.754. The molecule has 0 aliphatic carbocycles. The van der Waals surface area contributed by atoms with E-state index < -0.39 is 30.9 Å². The van der Waals surface area contributed by atoms with Crippen LogP contribution in [0.5, 0.6) is 5.75 Å². The third kappa shape index (κ3) is 3.42. The maximum Gasteiger partial charge on any atom is 0.243 e. The first-order valence-corrected chi connectivity index (χ1v) is 12.2. The van der Waals surface area contributed by atoms with Crippen molar-refractivity contribution in [2.45, 2.75) is 23.0 Å². The number of ether oxygens (including phenoxy) is 1. The molecule has 0 N–H and O–H groups in total. The van der Waals surface area contributed by atoms with Crippen LogP contribution in [0.1, 0.15) is 22.8 Å². The molecule has 0 bridgehead atoms. The van der Waals surface area contributed by atoms with Gasteiger partial charge in [-0.05, 0) is 36.2 Å². The van der Waals surface area contributed by atoms with Crippen LogP contribution in [0.3, 0.4) is 0 Å². The average Bonchev–Trinajstić information content (AvgIpc) is 3.06. The van der Waals surface area contributed by atoms with E-state index in [0.29, 0.717) is 18.8 Å². The summed E-state index contributed by atoms with van der Waals surface area (Å²) >= 11 is 0. The molecule has 1 fully saturated rings. The van der Waals surface area contributed by atoms with Crippen LogP contribution in [0.4, 0.5) is 4.39 Å². The van der Waals surface area contributed by atoms with Crippen molar-refractivity contribution in [2.24, 2.45) is 0 Å². The maximum absolute atomic E-state index is 14.2. The van der Waals surface area contributed by atoms with Crippen molar-refractivity contribution in [2.75, 3.05) is 25.4 Å². The van der Waals surface area contributed by atoms with E-state index >= 15 is 0 Å². The van der Waals surface area contributed by atoms with E-state index in [-0.39, 0.29) is 35.7 Å². The zero-order valence-electron chi connectivity index (χ0n) is 15.0. The third-order valence-corrected chi connectivity index (χ3v) is 9.25. The van der Waals surface area contributed by atoms with Gasteiger partial charge < -0.3 is 4.74 Å². The van der Waals surface area contributed by atoms with Gasteiger partial charge in [0.15, 0.2) is 9.84 Å². The Balaban J connectivity index is 1.63. The highest BCUT2D eigenvalue weighted by Crippen LogP contribution is 2.34. The molecule has 150 valence electrons. The smallest absolute Gasteiger partial charge is 0.243 e. The molecule has 9 heteroatoms. The van der Waals surface area contributed by atoms with Crippen LogP contribution in [0.15, 0.2) is 47.4 Å². The van der Waals surface area contributed by atoms with Gasteiger partial charge in [-0.2, -0.15) is 4.31 Å².